The normalized spacial score (nSPS) is 12.7. The van der Waals surface area contributed by atoms with Crippen molar-refractivity contribution in [3.63, 3.8) is 0 Å². The largest absolute Gasteiger partial charge is 0.435 e. The van der Waals surface area contributed by atoms with Crippen LogP contribution in [0.15, 0.2) is 28.2 Å². The summed E-state index contributed by atoms with van der Waals surface area (Å²) in [6, 6.07) is 3.91. The van der Waals surface area contributed by atoms with Gasteiger partial charge < -0.3 is 10.6 Å². The highest BCUT2D eigenvalue weighted by atomic mass is 127. The Hall–Kier alpha value is -2.41. The van der Waals surface area contributed by atoms with Gasteiger partial charge in [0, 0.05) is 22.4 Å². The van der Waals surface area contributed by atoms with E-state index in [2.05, 4.69) is 20.7 Å². The SMILES string of the molecule is CC=N/C(=C(\C)Cl)n1nc(C(F)(F)F)cc1C(=O)Nc1c(C)cc(I)cc1C(=O)NCC. The molecule has 2 aromatic rings. The Morgan fingerprint density at radius 1 is 1.28 bits per heavy atom. The first-order valence-corrected chi connectivity index (χ1v) is 10.8. The van der Waals surface area contributed by atoms with Gasteiger partial charge in [0.2, 0.25) is 0 Å². The minimum absolute atomic E-state index is 0.0300. The van der Waals surface area contributed by atoms with Crippen LogP contribution in [0.4, 0.5) is 18.9 Å². The Balaban J connectivity index is 2.64. The van der Waals surface area contributed by atoms with Crippen LogP contribution in [0, 0.1) is 10.5 Å². The molecule has 1 aromatic heterocycles. The number of hydrogen-bond donors (Lipinski definition) is 2. The number of aromatic nitrogens is 2. The predicted octanol–water partition coefficient (Wildman–Crippen LogP) is 5.29. The zero-order valence-corrected chi connectivity index (χ0v) is 20.5. The number of aryl methyl sites for hydroxylation is 1. The zero-order valence-electron chi connectivity index (χ0n) is 17.6. The van der Waals surface area contributed by atoms with Gasteiger partial charge in [0.15, 0.2) is 11.5 Å². The topological polar surface area (TPSA) is 88.4 Å². The fraction of sp³-hybridized carbons (Fsp3) is 0.300. The molecular formula is C20H20ClF3IN5O2. The second kappa shape index (κ2) is 10.5. The zero-order chi connectivity index (χ0) is 24.2. The van der Waals surface area contributed by atoms with E-state index in [4.69, 9.17) is 11.6 Å². The van der Waals surface area contributed by atoms with Crippen LogP contribution in [0.1, 0.15) is 52.9 Å². The van der Waals surface area contributed by atoms with Gasteiger partial charge in [-0.25, -0.2) is 9.67 Å². The second-order valence-corrected chi connectivity index (χ2v) is 8.34. The summed E-state index contributed by atoms with van der Waals surface area (Å²) in [5.74, 6) is -1.48. The van der Waals surface area contributed by atoms with Crippen molar-refractivity contribution in [2.75, 3.05) is 11.9 Å². The monoisotopic (exact) mass is 581 g/mol. The molecule has 1 aromatic carbocycles. The van der Waals surface area contributed by atoms with Crippen molar-refractivity contribution in [2.45, 2.75) is 33.9 Å². The number of nitrogens with one attached hydrogen (secondary N) is 2. The van der Waals surface area contributed by atoms with Gasteiger partial charge in [-0.15, -0.1) is 0 Å². The number of rotatable bonds is 6. The van der Waals surface area contributed by atoms with Crippen molar-refractivity contribution in [1.82, 2.24) is 15.1 Å². The van der Waals surface area contributed by atoms with E-state index in [1.807, 2.05) is 22.6 Å². The maximum Gasteiger partial charge on any atom is 0.435 e. The molecule has 0 aliphatic heterocycles. The molecule has 12 heteroatoms. The summed E-state index contributed by atoms with van der Waals surface area (Å²) in [7, 11) is 0. The number of carbonyl (C=O) groups is 2. The van der Waals surface area contributed by atoms with Crippen LogP contribution in [0.5, 0.6) is 0 Å². The molecule has 0 bridgehead atoms. The molecule has 2 amide bonds. The van der Waals surface area contributed by atoms with E-state index in [9.17, 15) is 22.8 Å². The van der Waals surface area contributed by atoms with Crippen LogP contribution >= 0.6 is 34.2 Å². The van der Waals surface area contributed by atoms with Crippen LogP contribution in [0.3, 0.4) is 0 Å². The lowest BCUT2D eigenvalue weighted by atomic mass is 10.1. The number of aliphatic imine (C=N–C) groups is 1. The molecule has 0 atom stereocenters. The highest BCUT2D eigenvalue weighted by Crippen LogP contribution is 2.31. The first kappa shape index (κ1) is 25.8. The van der Waals surface area contributed by atoms with Crippen LogP contribution in [0.2, 0.25) is 0 Å². The summed E-state index contributed by atoms with van der Waals surface area (Å²) in [6.45, 7) is 6.73. The Bertz CT molecular complexity index is 1110. The van der Waals surface area contributed by atoms with Gasteiger partial charge in [-0.3, -0.25) is 9.59 Å². The molecule has 2 rings (SSSR count). The van der Waals surface area contributed by atoms with Crippen molar-refractivity contribution in [3.8, 4) is 0 Å². The third-order valence-electron chi connectivity index (χ3n) is 4.11. The molecule has 0 aliphatic carbocycles. The molecule has 0 saturated carbocycles. The molecule has 0 saturated heterocycles. The van der Waals surface area contributed by atoms with E-state index in [1.165, 1.54) is 13.1 Å². The molecule has 2 N–H and O–H groups in total. The molecule has 0 spiro atoms. The van der Waals surface area contributed by atoms with Crippen molar-refractivity contribution in [3.05, 3.63) is 49.3 Å². The quantitative estimate of drug-likeness (QED) is 0.359. The van der Waals surface area contributed by atoms with Crippen LogP contribution in [-0.2, 0) is 6.18 Å². The molecule has 0 aliphatic rings. The van der Waals surface area contributed by atoms with Gasteiger partial charge in [-0.05, 0) is 68.0 Å². The minimum Gasteiger partial charge on any atom is -0.352 e. The molecule has 0 unspecified atom stereocenters. The number of allylic oxidation sites excluding steroid dienone is 1. The summed E-state index contributed by atoms with van der Waals surface area (Å²) in [5, 5.41) is 8.74. The average Bonchev–Trinajstić information content (AvgIpc) is 3.13. The van der Waals surface area contributed by atoms with Crippen molar-refractivity contribution < 1.29 is 22.8 Å². The van der Waals surface area contributed by atoms with E-state index in [1.54, 1.807) is 32.9 Å². The van der Waals surface area contributed by atoms with E-state index in [0.29, 0.717) is 18.2 Å². The second-order valence-electron chi connectivity index (χ2n) is 6.53. The Labute approximate surface area is 201 Å². The van der Waals surface area contributed by atoms with Gasteiger partial charge in [0.05, 0.1) is 16.3 Å². The predicted molar refractivity (Wildman–Crippen MR) is 126 cm³/mol. The number of benzene rings is 1. The van der Waals surface area contributed by atoms with E-state index < -0.39 is 29.4 Å². The van der Waals surface area contributed by atoms with Crippen molar-refractivity contribution in [2.24, 2.45) is 4.99 Å². The molecule has 32 heavy (non-hydrogen) atoms. The first-order chi connectivity index (χ1) is 14.9. The first-order valence-electron chi connectivity index (χ1n) is 9.33. The van der Waals surface area contributed by atoms with Crippen molar-refractivity contribution >= 4 is 63.7 Å². The highest BCUT2D eigenvalue weighted by molar-refractivity contribution is 14.1. The van der Waals surface area contributed by atoms with Gasteiger partial charge in [0.25, 0.3) is 11.8 Å². The maximum atomic E-state index is 13.3. The fourth-order valence-corrected chi connectivity index (χ4v) is 3.68. The molecule has 7 nitrogen and oxygen atoms in total. The average molecular weight is 582 g/mol. The minimum atomic E-state index is -4.80. The maximum absolute atomic E-state index is 13.3. The molecular weight excluding hydrogens is 562 g/mol. The summed E-state index contributed by atoms with van der Waals surface area (Å²) in [6.07, 6.45) is -3.49. The fourth-order valence-electron chi connectivity index (χ4n) is 2.78. The standard InChI is InChI=1S/C20H20ClF3IN5O2/c1-5-26-17(11(4)21)30-14(9-15(29-30)20(22,23)24)19(32)28-16-10(3)7-12(25)8-13(16)18(31)27-6-2/h5,7-9H,6H2,1-4H3,(H,27,31)(H,28,32)/b17-11-,26-5?. The Kier molecular flexibility index (Phi) is 8.46. The van der Waals surface area contributed by atoms with Gasteiger partial charge >= 0.3 is 6.18 Å². The Morgan fingerprint density at radius 3 is 2.47 bits per heavy atom. The smallest absolute Gasteiger partial charge is 0.352 e. The van der Waals surface area contributed by atoms with Crippen LogP contribution < -0.4 is 10.6 Å². The summed E-state index contributed by atoms with van der Waals surface area (Å²) in [5.41, 5.74) is -0.813. The lowest BCUT2D eigenvalue weighted by Crippen LogP contribution is -2.26. The number of halogens is 5. The molecule has 1 heterocycles. The number of amides is 2. The number of nitrogens with zero attached hydrogens (tertiary/aromatic N) is 3. The number of alkyl halides is 3. The Morgan fingerprint density at radius 2 is 1.94 bits per heavy atom. The van der Waals surface area contributed by atoms with Crippen LogP contribution in [0.25, 0.3) is 5.82 Å². The van der Waals surface area contributed by atoms with Gasteiger partial charge in [-0.1, -0.05) is 11.6 Å². The lowest BCUT2D eigenvalue weighted by molar-refractivity contribution is -0.141. The summed E-state index contributed by atoms with van der Waals surface area (Å²) < 4.78 is 41.5. The lowest BCUT2D eigenvalue weighted by Gasteiger charge is -2.15. The number of hydrogen-bond acceptors (Lipinski definition) is 4. The summed E-state index contributed by atoms with van der Waals surface area (Å²) in [4.78, 5) is 29.5. The molecule has 0 fully saturated rings. The van der Waals surface area contributed by atoms with Crippen molar-refractivity contribution in [1.29, 1.82) is 0 Å². The number of carbonyl (C=O) groups excluding carboxylic acids is 2. The van der Waals surface area contributed by atoms with E-state index in [0.717, 1.165) is 8.25 Å². The highest BCUT2D eigenvalue weighted by Gasteiger charge is 2.36. The van der Waals surface area contributed by atoms with Crippen LogP contribution in [-0.4, -0.2) is 34.4 Å². The summed E-state index contributed by atoms with van der Waals surface area (Å²) >= 11 is 8.03. The third-order valence-corrected chi connectivity index (χ3v) is 4.91. The van der Waals surface area contributed by atoms with Gasteiger partial charge in [-0.2, -0.15) is 18.3 Å². The van der Waals surface area contributed by atoms with E-state index in [-0.39, 0.29) is 22.1 Å². The third kappa shape index (κ3) is 5.88. The molecule has 172 valence electrons. The molecule has 0 radical (unpaired) electrons. The van der Waals surface area contributed by atoms with E-state index >= 15 is 0 Å². The van der Waals surface area contributed by atoms with Gasteiger partial charge in [0.1, 0.15) is 5.69 Å². The number of anilines is 1.